The Labute approximate surface area is 166 Å². The lowest BCUT2D eigenvalue weighted by atomic mass is 10.1. The van der Waals surface area contributed by atoms with Crippen LogP contribution in [0.3, 0.4) is 0 Å². The molecule has 1 unspecified atom stereocenters. The van der Waals surface area contributed by atoms with E-state index in [-0.39, 0.29) is 29.5 Å². The first-order chi connectivity index (χ1) is 13.7. The number of hydrogen-bond acceptors (Lipinski definition) is 6. The molecule has 8 nitrogen and oxygen atoms in total. The van der Waals surface area contributed by atoms with Gasteiger partial charge >= 0.3 is 0 Å². The number of rotatable bonds is 6. The summed E-state index contributed by atoms with van der Waals surface area (Å²) in [5, 5.41) is 3.40. The number of ketones is 1. The Hall–Kier alpha value is -3.27. The smallest absolute Gasteiger partial charge is 0.262 e. The van der Waals surface area contributed by atoms with Gasteiger partial charge < -0.3 is 15.4 Å². The summed E-state index contributed by atoms with van der Waals surface area (Å²) in [6, 6.07) is 9.00. The van der Waals surface area contributed by atoms with Crippen molar-refractivity contribution in [1.82, 2.24) is 0 Å². The highest BCUT2D eigenvalue weighted by Crippen LogP contribution is 2.29. The molecule has 0 bridgehead atoms. The number of nitrogens with one attached hydrogen (secondary N) is 2. The molecule has 2 amide bonds. The van der Waals surface area contributed by atoms with Crippen molar-refractivity contribution in [1.29, 1.82) is 0 Å². The third kappa shape index (κ3) is 4.77. The zero-order valence-corrected chi connectivity index (χ0v) is 16.1. The van der Waals surface area contributed by atoms with Crippen molar-refractivity contribution >= 4 is 38.8 Å². The molecule has 2 aromatic rings. The van der Waals surface area contributed by atoms with Gasteiger partial charge in [-0.2, -0.15) is 0 Å². The number of fused-ring (bicyclic) bond motifs is 1. The van der Waals surface area contributed by atoms with Gasteiger partial charge in [0, 0.05) is 11.3 Å². The topological polar surface area (TPSA) is 119 Å². The zero-order valence-electron chi connectivity index (χ0n) is 15.3. The van der Waals surface area contributed by atoms with Gasteiger partial charge in [-0.25, -0.2) is 12.8 Å². The maximum atomic E-state index is 12.9. The van der Waals surface area contributed by atoms with Crippen molar-refractivity contribution in [3.8, 4) is 5.75 Å². The summed E-state index contributed by atoms with van der Waals surface area (Å²) in [5.74, 6) is -3.00. The largest absolute Gasteiger partial charge is 0.482 e. The number of amides is 2. The van der Waals surface area contributed by atoms with Crippen LogP contribution >= 0.6 is 0 Å². The van der Waals surface area contributed by atoms with E-state index in [1.165, 1.54) is 37.3 Å². The standard InChI is InChI=1S/C19H17FN2O6S/c1-11(19(25)12-2-7-16-15(8-12)22-17(23)9-28-16)29(26,27)10-18(24)21-14-5-3-13(20)4-6-14/h2-8,11H,9-10H2,1H3,(H,21,24)(H,22,23). The molecule has 0 radical (unpaired) electrons. The predicted molar refractivity (Wildman–Crippen MR) is 103 cm³/mol. The fourth-order valence-corrected chi connectivity index (χ4v) is 3.82. The molecule has 2 N–H and O–H groups in total. The minimum atomic E-state index is -4.12. The molecule has 3 rings (SSSR count). The highest BCUT2D eigenvalue weighted by Gasteiger charge is 2.31. The Kier molecular flexibility index (Phi) is 5.64. The van der Waals surface area contributed by atoms with Gasteiger partial charge in [0.1, 0.15) is 22.6 Å². The third-order valence-electron chi connectivity index (χ3n) is 4.27. The van der Waals surface area contributed by atoms with Crippen LogP contribution in [-0.4, -0.2) is 43.6 Å². The molecule has 1 aliphatic heterocycles. The monoisotopic (exact) mass is 420 g/mol. The third-order valence-corrected chi connectivity index (χ3v) is 6.22. The molecule has 0 saturated heterocycles. The van der Waals surface area contributed by atoms with E-state index in [0.29, 0.717) is 5.75 Å². The number of carbonyl (C=O) groups excluding carboxylic acids is 3. The lowest BCUT2D eigenvalue weighted by Crippen LogP contribution is -2.34. The molecule has 2 aromatic carbocycles. The van der Waals surface area contributed by atoms with Crippen molar-refractivity contribution < 1.29 is 31.9 Å². The van der Waals surface area contributed by atoms with Crippen molar-refractivity contribution in [3.05, 3.63) is 53.8 Å². The summed E-state index contributed by atoms with van der Waals surface area (Å²) in [5.41, 5.74) is 0.561. The van der Waals surface area contributed by atoms with Gasteiger partial charge in [0.2, 0.25) is 5.91 Å². The maximum absolute atomic E-state index is 12.9. The number of carbonyl (C=O) groups is 3. The van der Waals surface area contributed by atoms with E-state index < -0.39 is 38.3 Å². The minimum absolute atomic E-state index is 0.0598. The van der Waals surface area contributed by atoms with E-state index in [1.807, 2.05) is 0 Å². The second-order valence-corrected chi connectivity index (χ2v) is 8.74. The van der Waals surface area contributed by atoms with Gasteiger partial charge in [0.25, 0.3) is 5.91 Å². The van der Waals surface area contributed by atoms with Gasteiger partial charge in [0.05, 0.1) is 5.69 Å². The molecule has 1 aliphatic rings. The van der Waals surface area contributed by atoms with Crippen LogP contribution in [0.4, 0.5) is 15.8 Å². The summed E-state index contributed by atoms with van der Waals surface area (Å²) in [7, 11) is -4.12. The first-order valence-electron chi connectivity index (χ1n) is 8.53. The Bertz CT molecular complexity index is 1080. The highest BCUT2D eigenvalue weighted by molar-refractivity contribution is 7.93. The maximum Gasteiger partial charge on any atom is 0.262 e. The fraction of sp³-hybridized carbons (Fsp3) is 0.211. The average Bonchev–Trinajstić information content (AvgIpc) is 2.67. The van der Waals surface area contributed by atoms with Crippen molar-refractivity contribution in [3.63, 3.8) is 0 Å². The summed E-state index contributed by atoms with van der Waals surface area (Å²) in [6.07, 6.45) is 0. The summed E-state index contributed by atoms with van der Waals surface area (Å²) >= 11 is 0. The van der Waals surface area contributed by atoms with Crippen LogP contribution in [0.5, 0.6) is 5.75 Å². The van der Waals surface area contributed by atoms with Crippen LogP contribution in [-0.2, 0) is 19.4 Å². The predicted octanol–water partition coefficient (Wildman–Crippen LogP) is 1.78. The van der Waals surface area contributed by atoms with E-state index in [1.54, 1.807) is 0 Å². The SMILES string of the molecule is CC(C(=O)c1ccc2c(c1)NC(=O)CO2)S(=O)(=O)CC(=O)Nc1ccc(F)cc1. The molecule has 0 fully saturated rings. The van der Waals surface area contributed by atoms with Crippen molar-refractivity contribution in [2.45, 2.75) is 12.2 Å². The molecular formula is C19H17FN2O6S. The quantitative estimate of drug-likeness (QED) is 0.688. The molecule has 10 heteroatoms. The molecule has 1 heterocycles. The number of sulfone groups is 1. The van der Waals surface area contributed by atoms with Gasteiger partial charge in [-0.1, -0.05) is 0 Å². The number of ether oxygens (including phenoxy) is 1. The van der Waals surface area contributed by atoms with E-state index >= 15 is 0 Å². The van der Waals surface area contributed by atoms with Crippen LogP contribution in [0.25, 0.3) is 0 Å². The molecular weight excluding hydrogens is 403 g/mol. The Morgan fingerprint density at radius 3 is 2.59 bits per heavy atom. The van der Waals surface area contributed by atoms with Gasteiger partial charge in [-0.05, 0) is 49.4 Å². The first kappa shape index (κ1) is 20.5. The van der Waals surface area contributed by atoms with Gasteiger partial charge in [-0.15, -0.1) is 0 Å². The zero-order chi connectivity index (χ0) is 21.2. The van der Waals surface area contributed by atoms with Crippen molar-refractivity contribution in [2.75, 3.05) is 23.0 Å². The van der Waals surface area contributed by atoms with E-state index in [0.717, 1.165) is 12.1 Å². The molecule has 0 aromatic heterocycles. The Morgan fingerprint density at radius 2 is 1.90 bits per heavy atom. The minimum Gasteiger partial charge on any atom is -0.482 e. The second kappa shape index (κ2) is 8.00. The fourth-order valence-electron chi connectivity index (χ4n) is 2.67. The number of halogens is 1. The molecule has 0 saturated carbocycles. The molecule has 152 valence electrons. The summed E-state index contributed by atoms with van der Waals surface area (Å²) in [6.45, 7) is 1.05. The Balaban J connectivity index is 1.71. The number of anilines is 2. The van der Waals surface area contributed by atoms with Crippen LogP contribution in [0.1, 0.15) is 17.3 Å². The normalized spacial score (nSPS) is 14.2. The molecule has 0 spiro atoms. The van der Waals surface area contributed by atoms with E-state index in [9.17, 15) is 27.2 Å². The van der Waals surface area contributed by atoms with E-state index in [2.05, 4.69) is 10.6 Å². The van der Waals surface area contributed by atoms with Crippen LogP contribution in [0, 0.1) is 5.82 Å². The number of hydrogen-bond donors (Lipinski definition) is 2. The van der Waals surface area contributed by atoms with Crippen molar-refractivity contribution in [2.24, 2.45) is 0 Å². The lowest BCUT2D eigenvalue weighted by Gasteiger charge is -2.19. The van der Waals surface area contributed by atoms with Crippen LogP contribution in [0.15, 0.2) is 42.5 Å². The molecule has 29 heavy (non-hydrogen) atoms. The van der Waals surface area contributed by atoms with Gasteiger partial charge in [-0.3, -0.25) is 14.4 Å². The van der Waals surface area contributed by atoms with E-state index in [4.69, 9.17) is 4.74 Å². The average molecular weight is 420 g/mol. The highest BCUT2D eigenvalue weighted by atomic mass is 32.2. The van der Waals surface area contributed by atoms with Crippen LogP contribution in [0.2, 0.25) is 0 Å². The number of benzene rings is 2. The first-order valence-corrected chi connectivity index (χ1v) is 10.2. The summed E-state index contributed by atoms with van der Waals surface area (Å²) < 4.78 is 43.1. The lowest BCUT2D eigenvalue weighted by molar-refractivity contribution is -0.118. The Morgan fingerprint density at radius 1 is 1.21 bits per heavy atom. The molecule has 0 aliphatic carbocycles. The summed E-state index contributed by atoms with van der Waals surface area (Å²) in [4.78, 5) is 36.1. The number of Topliss-reactive ketones (excluding diaryl/α,β-unsaturated/α-hetero) is 1. The van der Waals surface area contributed by atoms with Gasteiger partial charge in [0.15, 0.2) is 22.2 Å². The molecule has 1 atom stereocenters. The second-order valence-electron chi connectivity index (χ2n) is 6.42. The van der Waals surface area contributed by atoms with Crippen LogP contribution < -0.4 is 15.4 Å².